The molecule has 2 nitrogen and oxygen atoms in total. The Morgan fingerprint density at radius 1 is 0.850 bits per heavy atom. The fourth-order valence-electron chi connectivity index (χ4n) is 2.83. The highest BCUT2D eigenvalue weighted by atomic mass is 16.3. The van der Waals surface area contributed by atoms with Crippen molar-refractivity contribution < 1.29 is 4.42 Å². The summed E-state index contributed by atoms with van der Waals surface area (Å²) in [6, 6.07) is 16.7. The van der Waals surface area contributed by atoms with Crippen molar-refractivity contribution in [2.24, 2.45) is 0 Å². The van der Waals surface area contributed by atoms with E-state index in [0.29, 0.717) is 0 Å². The summed E-state index contributed by atoms with van der Waals surface area (Å²) in [7, 11) is 0. The monoisotopic (exact) mass is 261 g/mol. The van der Waals surface area contributed by atoms with E-state index in [1.54, 1.807) is 0 Å². The molecule has 1 N–H and O–H groups in total. The summed E-state index contributed by atoms with van der Waals surface area (Å²) in [5, 5.41) is 3.72. The van der Waals surface area contributed by atoms with Crippen molar-refractivity contribution in [2.45, 2.75) is 12.8 Å². The third kappa shape index (κ3) is 1.81. The van der Waals surface area contributed by atoms with Gasteiger partial charge in [0.2, 0.25) is 0 Å². The van der Waals surface area contributed by atoms with Crippen molar-refractivity contribution in [1.29, 1.82) is 0 Å². The standard InChI is InChI=1S/C18H15NO/c1-2-7-16-14(5-1)12-20-18(16)10-9-13-11-19-17-8-4-3-6-15(13)17/h1-8,11-12,19H,9-10H2. The molecule has 0 aliphatic carbocycles. The first-order valence-corrected chi connectivity index (χ1v) is 6.92. The first-order chi connectivity index (χ1) is 9.92. The Morgan fingerprint density at radius 3 is 2.60 bits per heavy atom. The maximum atomic E-state index is 5.72. The van der Waals surface area contributed by atoms with Crippen molar-refractivity contribution in [3.05, 3.63) is 72.3 Å². The zero-order valence-corrected chi connectivity index (χ0v) is 11.1. The molecule has 0 radical (unpaired) electrons. The van der Waals surface area contributed by atoms with E-state index in [0.717, 1.165) is 18.6 Å². The Labute approximate surface area is 117 Å². The lowest BCUT2D eigenvalue weighted by Crippen LogP contribution is -1.89. The van der Waals surface area contributed by atoms with Gasteiger partial charge >= 0.3 is 0 Å². The average molecular weight is 261 g/mol. The van der Waals surface area contributed by atoms with Gasteiger partial charge in [0, 0.05) is 34.3 Å². The van der Waals surface area contributed by atoms with Gasteiger partial charge in [0.1, 0.15) is 5.76 Å². The van der Waals surface area contributed by atoms with Gasteiger partial charge in [-0.2, -0.15) is 0 Å². The molecule has 2 heterocycles. The summed E-state index contributed by atoms with van der Waals surface area (Å²) in [6.07, 6.45) is 5.87. The number of hydrogen-bond donors (Lipinski definition) is 1. The lowest BCUT2D eigenvalue weighted by molar-refractivity contribution is 0.514. The molecule has 98 valence electrons. The van der Waals surface area contributed by atoms with E-state index >= 15 is 0 Å². The van der Waals surface area contributed by atoms with Crippen molar-refractivity contribution >= 4 is 21.7 Å². The van der Waals surface area contributed by atoms with E-state index in [1.807, 2.05) is 12.3 Å². The summed E-state index contributed by atoms with van der Waals surface area (Å²) in [5.41, 5.74) is 2.55. The van der Waals surface area contributed by atoms with Crippen LogP contribution < -0.4 is 0 Å². The smallest absolute Gasteiger partial charge is 0.111 e. The van der Waals surface area contributed by atoms with Crippen LogP contribution in [0.15, 0.2) is 65.4 Å². The largest absolute Gasteiger partial charge is 0.468 e. The summed E-state index contributed by atoms with van der Waals surface area (Å²) < 4.78 is 5.72. The molecule has 0 aliphatic rings. The number of aromatic nitrogens is 1. The van der Waals surface area contributed by atoms with Crippen LogP contribution in [0.25, 0.3) is 21.7 Å². The molecule has 0 atom stereocenters. The molecule has 0 bridgehead atoms. The molecular weight excluding hydrogens is 246 g/mol. The number of hydrogen-bond acceptors (Lipinski definition) is 1. The van der Waals surface area contributed by atoms with Gasteiger partial charge in [-0.1, -0.05) is 42.5 Å². The number of aryl methyl sites for hydroxylation is 2. The molecular formula is C18H15NO. The third-order valence-corrected chi connectivity index (χ3v) is 3.89. The van der Waals surface area contributed by atoms with E-state index in [4.69, 9.17) is 4.42 Å². The van der Waals surface area contributed by atoms with Crippen molar-refractivity contribution in [3.8, 4) is 0 Å². The van der Waals surface area contributed by atoms with Gasteiger partial charge in [-0.15, -0.1) is 0 Å². The molecule has 0 saturated carbocycles. The van der Waals surface area contributed by atoms with E-state index in [9.17, 15) is 0 Å². The highest BCUT2D eigenvalue weighted by Gasteiger charge is 2.08. The fourth-order valence-corrected chi connectivity index (χ4v) is 2.83. The molecule has 4 aromatic rings. The highest BCUT2D eigenvalue weighted by molar-refractivity contribution is 5.85. The minimum Gasteiger partial charge on any atom is -0.468 e. The highest BCUT2D eigenvalue weighted by Crippen LogP contribution is 2.24. The van der Waals surface area contributed by atoms with Crippen LogP contribution in [0.2, 0.25) is 0 Å². The minimum atomic E-state index is 0.926. The maximum absolute atomic E-state index is 5.72. The zero-order chi connectivity index (χ0) is 13.4. The van der Waals surface area contributed by atoms with Crippen LogP contribution >= 0.6 is 0 Å². The molecule has 0 unspecified atom stereocenters. The number of fused-ring (bicyclic) bond motifs is 2. The molecule has 0 aliphatic heterocycles. The molecule has 0 spiro atoms. The van der Waals surface area contributed by atoms with Crippen LogP contribution in [-0.2, 0) is 12.8 Å². The Hall–Kier alpha value is -2.48. The van der Waals surface area contributed by atoms with Crippen LogP contribution in [0.1, 0.15) is 11.3 Å². The van der Waals surface area contributed by atoms with Crippen LogP contribution in [0.5, 0.6) is 0 Å². The molecule has 2 aromatic carbocycles. The molecule has 0 amide bonds. The normalized spacial score (nSPS) is 11.4. The Bertz CT molecular complexity index is 795. The average Bonchev–Trinajstić information content (AvgIpc) is 3.09. The number of para-hydroxylation sites is 1. The zero-order valence-electron chi connectivity index (χ0n) is 11.1. The van der Waals surface area contributed by atoms with Gasteiger partial charge in [-0.3, -0.25) is 0 Å². The van der Waals surface area contributed by atoms with Gasteiger partial charge in [0.05, 0.1) is 6.26 Å². The van der Waals surface area contributed by atoms with Crippen LogP contribution in [0.4, 0.5) is 0 Å². The van der Waals surface area contributed by atoms with Crippen LogP contribution in [0.3, 0.4) is 0 Å². The maximum Gasteiger partial charge on any atom is 0.111 e. The predicted octanol–water partition coefficient (Wildman–Crippen LogP) is 4.70. The fraction of sp³-hybridized carbons (Fsp3) is 0.111. The SMILES string of the molecule is c1ccc2c(CCc3c[nH]c4ccccc34)occ2c1. The molecule has 2 aromatic heterocycles. The van der Waals surface area contributed by atoms with E-state index in [2.05, 4.69) is 53.6 Å². The topological polar surface area (TPSA) is 28.9 Å². The van der Waals surface area contributed by atoms with Gasteiger partial charge in [0.25, 0.3) is 0 Å². The van der Waals surface area contributed by atoms with Gasteiger partial charge < -0.3 is 9.40 Å². The molecule has 4 rings (SSSR count). The Balaban J connectivity index is 1.64. The van der Waals surface area contributed by atoms with Gasteiger partial charge in [0.15, 0.2) is 0 Å². The van der Waals surface area contributed by atoms with E-state index in [-0.39, 0.29) is 0 Å². The Morgan fingerprint density at radius 2 is 1.65 bits per heavy atom. The van der Waals surface area contributed by atoms with E-state index < -0.39 is 0 Å². The molecule has 20 heavy (non-hydrogen) atoms. The number of nitrogens with one attached hydrogen (secondary N) is 1. The second-order valence-electron chi connectivity index (χ2n) is 5.11. The second kappa shape index (κ2) is 4.57. The molecule has 2 heteroatoms. The number of aromatic amines is 1. The summed E-state index contributed by atoms with van der Waals surface area (Å²) in [6.45, 7) is 0. The van der Waals surface area contributed by atoms with Crippen molar-refractivity contribution in [2.75, 3.05) is 0 Å². The number of furan rings is 1. The lowest BCUT2D eigenvalue weighted by atomic mass is 10.1. The minimum absolute atomic E-state index is 0.926. The third-order valence-electron chi connectivity index (χ3n) is 3.89. The predicted molar refractivity (Wildman–Crippen MR) is 81.9 cm³/mol. The van der Waals surface area contributed by atoms with Gasteiger partial charge in [-0.05, 0) is 18.1 Å². The number of rotatable bonds is 3. The summed E-state index contributed by atoms with van der Waals surface area (Å²) in [4.78, 5) is 3.32. The van der Waals surface area contributed by atoms with E-state index in [1.165, 1.54) is 27.2 Å². The molecule has 0 saturated heterocycles. The first-order valence-electron chi connectivity index (χ1n) is 6.92. The Kier molecular flexibility index (Phi) is 2.59. The first kappa shape index (κ1) is 11.4. The number of H-pyrrole nitrogens is 1. The summed E-state index contributed by atoms with van der Waals surface area (Å²) in [5.74, 6) is 1.07. The van der Waals surface area contributed by atoms with Gasteiger partial charge in [-0.25, -0.2) is 0 Å². The van der Waals surface area contributed by atoms with Crippen molar-refractivity contribution in [1.82, 2.24) is 4.98 Å². The molecule has 0 fully saturated rings. The number of benzene rings is 2. The summed E-state index contributed by atoms with van der Waals surface area (Å²) >= 11 is 0. The quantitative estimate of drug-likeness (QED) is 0.569. The van der Waals surface area contributed by atoms with Crippen LogP contribution in [-0.4, -0.2) is 4.98 Å². The van der Waals surface area contributed by atoms with Crippen LogP contribution in [0, 0.1) is 0 Å². The lowest BCUT2D eigenvalue weighted by Gasteiger charge is -1.99. The van der Waals surface area contributed by atoms with Crippen molar-refractivity contribution in [3.63, 3.8) is 0 Å². The second-order valence-corrected chi connectivity index (χ2v) is 5.11.